The van der Waals surface area contributed by atoms with E-state index in [1.54, 1.807) is 6.07 Å². The zero-order valence-corrected chi connectivity index (χ0v) is 14.0. The van der Waals surface area contributed by atoms with Crippen LogP contribution in [0.2, 0.25) is 5.02 Å². The largest absolute Gasteiger partial charge is 0.419 e. The van der Waals surface area contributed by atoms with Crippen LogP contribution in [0.3, 0.4) is 0 Å². The Balaban J connectivity index is 2.15. The van der Waals surface area contributed by atoms with E-state index in [0.29, 0.717) is 5.02 Å². The summed E-state index contributed by atoms with van der Waals surface area (Å²) in [6.07, 6.45) is 0. The van der Waals surface area contributed by atoms with E-state index in [0.717, 1.165) is 0 Å². The highest BCUT2D eigenvalue weighted by atomic mass is 35.5. The number of sulfone groups is 1. The van der Waals surface area contributed by atoms with Gasteiger partial charge in [0, 0.05) is 12.1 Å². The molecular formula is C16H12ClFN2O3S. The van der Waals surface area contributed by atoms with Gasteiger partial charge in [-0.05, 0) is 36.4 Å². The van der Waals surface area contributed by atoms with Crippen molar-refractivity contribution in [1.82, 2.24) is 4.98 Å². The lowest BCUT2D eigenvalue weighted by molar-refractivity contribution is 0.570. The molecule has 0 aliphatic heterocycles. The summed E-state index contributed by atoms with van der Waals surface area (Å²) < 4.78 is 44.8. The van der Waals surface area contributed by atoms with Crippen molar-refractivity contribution < 1.29 is 17.2 Å². The van der Waals surface area contributed by atoms with Gasteiger partial charge >= 0.3 is 0 Å². The molecule has 0 aliphatic rings. The highest BCUT2D eigenvalue weighted by molar-refractivity contribution is 7.91. The van der Waals surface area contributed by atoms with Crippen molar-refractivity contribution in [3.8, 4) is 11.5 Å². The fourth-order valence-electron chi connectivity index (χ4n) is 2.12. The predicted octanol–water partition coefficient (Wildman–Crippen LogP) is 4.01. The first kappa shape index (κ1) is 16.5. The average Bonchev–Trinajstić information content (AvgIpc) is 3.00. The molecule has 5 nitrogen and oxygen atoms in total. The lowest BCUT2D eigenvalue weighted by Gasteiger charge is -2.02. The summed E-state index contributed by atoms with van der Waals surface area (Å²) >= 11 is 5.78. The third kappa shape index (κ3) is 2.88. The lowest BCUT2D eigenvalue weighted by atomic mass is 10.2. The van der Waals surface area contributed by atoms with Crippen LogP contribution in [0, 0.1) is 5.82 Å². The van der Waals surface area contributed by atoms with Crippen LogP contribution in [0.1, 0.15) is 0 Å². The molecule has 2 aromatic carbocycles. The molecule has 1 aromatic heterocycles. The lowest BCUT2D eigenvalue weighted by Crippen LogP contribution is -2.05. The zero-order valence-electron chi connectivity index (χ0n) is 12.5. The van der Waals surface area contributed by atoms with Crippen LogP contribution >= 0.6 is 11.6 Å². The maximum absolute atomic E-state index is 13.9. The van der Waals surface area contributed by atoms with E-state index in [4.69, 9.17) is 16.0 Å². The SMILES string of the molecule is CNc1oc(-c2ccccc2F)nc1S(=O)(=O)c1ccc(Cl)cc1. The molecule has 0 amide bonds. The van der Waals surface area contributed by atoms with Gasteiger partial charge in [0.15, 0.2) is 0 Å². The van der Waals surface area contributed by atoms with Gasteiger partial charge in [-0.2, -0.15) is 4.98 Å². The Bertz CT molecular complexity index is 985. The van der Waals surface area contributed by atoms with Crippen molar-refractivity contribution in [2.75, 3.05) is 12.4 Å². The zero-order chi connectivity index (χ0) is 17.3. The third-order valence-electron chi connectivity index (χ3n) is 3.31. The van der Waals surface area contributed by atoms with Crippen LogP contribution in [0.5, 0.6) is 0 Å². The molecule has 0 radical (unpaired) electrons. The Morgan fingerprint density at radius 3 is 2.42 bits per heavy atom. The number of hydrogen-bond acceptors (Lipinski definition) is 5. The summed E-state index contributed by atoms with van der Waals surface area (Å²) in [5.41, 5.74) is 0.0755. The second kappa shape index (κ2) is 6.26. The van der Waals surface area contributed by atoms with Crippen LogP contribution in [-0.2, 0) is 9.84 Å². The van der Waals surface area contributed by atoms with Crippen LogP contribution in [0.4, 0.5) is 10.3 Å². The molecule has 1 N–H and O–H groups in total. The van der Waals surface area contributed by atoms with Gasteiger partial charge < -0.3 is 9.73 Å². The summed E-state index contributed by atoms with van der Waals surface area (Å²) in [7, 11) is -2.45. The van der Waals surface area contributed by atoms with Crippen LogP contribution < -0.4 is 5.32 Å². The summed E-state index contributed by atoms with van der Waals surface area (Å²) in [5, 5.41) is 2.73. The maximum Gasteiger partial charge on any atom is 0.233 e. The molecule has 0 bridgehead atoms. The van der Waals surface area contributed by atoms with Crippen molar-refractivity contribution in [2.24, 2.45) is 0 Å². The number of anilines is 1. The van der Waals surface area contributed by atoms with Crippen molar-refractivity contribution in [2.45, 2.75) is 9.92 Å². The van der Waals surface area contributed by atoms with Crippen molar-refractivity contribution in [3.63, 3.8) is 0 Å². The first-order valence-electron chi connectivity index (χ1n) is 6.87. The Kier molecular flexibility index (Phi) is 4.29. The molecule has 0 atom stereocenters. The van der Waals surface area contributed by atoms with Crippen molar-refractivity contribution in [3.05, 3.63) is 59.4 Å². The van der Waals surface area contributed by atoms with Gasteiger partial charge in [0.25, 0.3) is 0 Å². The van der Waals surface area contributed by atoms with E-state index in [2.05, 4.69) is 10.3 Å². The van der Waals surface area contributed by atoms with Gasteiger partial charge in [0.2, 0.25) is 26.6 Å². The van der Waals surface area contributed by atoms with Gasteiger partial charge in [-0.25, -0.2) is 12.8 Å². The van der Waals surface area contributed by atoms with E-state index in [9.17, 15) is 12.8 Å². The van der Waals surface area contributed by atoms with E-state index in [1.165, 1.54) is 49.5 Å². The molecule has 8 heteroatoms. The molecule has 0 aliphatic carbocycles. The van der Waals surface area contributed by atoms with Gasteiger partial charge in [-0.3, -0.25) is 0 Å². The molecule has 0 spiro atoms. The summed E-state index contributed by atoms with van der Waals surface area (Å²) in [6.45, 7) is 0. The second-order valence-electron chi connectivity index (χ2n) is 4.84. The molecule has 0 saturated carbocycles. The first-order chi connectivity index (χ1) is 11.4. The van der Waals surface area contributed by atoms with Crippen LogP contribution in [0.25, 0.3) is 11.5 Å². The normalized spacial score (nSPS) is 11.5. The van der Waals surface area contributed by atoms with Gasteiger partial charge in [0.1, 0.15) is 5.82 Å². The molecular weight excluding hydrogens is 355 g/mol. The molecule has 0 saturated heterocycles. The minimum Gasteiger partial charge on any atom is -0.419 e. The molecule has 0 unspecified atom stereocenters. The quantitative estimate of drug-likeness (QED) is 0.755. The molecule has 3 aromatic rings. The van der Waals surface area contributed by atoms with E-state index in [1.807, 2.05) is 0 Å². The molecule has 24 heavy (non-hydrogen) atoms. The molecule has 124 valence electrons. The first-order valence-corrected chi connectivity index (χ1v) is 8.73. The fraction of sp³-hybridized carbons (Fsp3) is 0.0625. The average molecular weight is 367 g/mol. The Labute approximate surface area is 143 Å². The summed E-state index contributed by atoms with van der Waals surface area (Å²) in [4.78, 5) is 4.00. The van der Waals surface area contributed by atoms with E-state index in [-0.39, 0.29) is 27.3 Å². The van der Waals surface area contributed by atoms with E-state index < -0.39 is 15.7 Å². The smallest absolute Gasteiger partial charge is 0.233 e. The Morgan fingerprint density at radius 1 is 1.12 bits per heavy atom. The summed E-state index contributed by atoms with van der Waals surface area (Å²) in [5.74, 6) is -0.745. The topological polar surface area (TPSA) is 72.2 Å². The number of oxazole rings is 1. The van der Waals surface area contributed by atoms with Crippen molar-refractivity contribution >= 4 is 27.3 Å². The monoisotopic (exact) mass is 366 g/mol. The second-order valence-corrected chi connectivity index (χ2v) is 7.14. The molecule has 0 fully saturated rings. The number of aromatic nitrogens is 1. The van der Waals surface area contributed by atoms with Gasteiger partial charge in [-0.15, -0.1) is 0 Å². The predicted molar refractivity (Wildman–Crippen MR) is 88.3 cm³/mol. The van der Waals surface area contributed by atoms with Crippen molar-refractivity contribution in [1.29, 1.82) is 0 Å². The van der Waals surface area contributed by atoms with Gasteiger partial charge in [0.05, 0.1) is 10.5 Å². The highest BCUT2D eigenvalue weighted by Gasteiger charge is 2.28. The summed E-state index contributed by atoms with van der Waals surface area (Å²) in [6, 6.07) is 11.5. The number of halogens is 2. The van der Waals surface area contributed by atoms with Crippen LogP contribution in [0.15, 0.2) is 62.9 Å². The fourth-order valence-corrected chi connectivity index (χ4v) is 3.56. The minimum absolute atomic E-state index is 0.0109. The number of rotatable bonds is 4. The third-order valence-corrected chi connectivity index (χ3v) is 5.24. The molecule has 3 rings (SSSR count). The van der Waals surface area contributed by atoms with Gasteiger partial charge in [-0.1, -0.05) is 23.7 Å². The number of nitrogens with zero attached hydrogens (tertiary/aromatic N) is 1. The number of nitrogens with one attached hydrogen (secondary N) is 1. The Morgan fingerprint density at radius 2 is 1.79 bits per heavy atom. The van der Waals surface area contributed by atoms with E-state index >= 15 is 0 Å². The number of benzene rings is 2. The number of hydrogen-bond donors (Lipinski definition) is 1. The highest BCUT2D eigenvalue weighted by Crippen LogP contribution is 2.33. The van der Waals surface area contributed by atoms with Crippen LogP contribution in [-0.4, -0.2) is 20.4 Å². The Hall–Kier alpha value is -2.38. The molecule has 1 heterocycles. The standard InChI is InChI=1S/C16H12ClFN2O3S/c1-19-15-16(24(21,22)11-8-6-10(17)7-9-11)20-14(23-15)12-4-2-3-5-13(12)18/h2-9,19H,1H3. The maximum atomic E-state index is 13.9. The minimum atomic E-state index is -3.95.